The van der Waals surface area contributed by atoms with Gasteiger partial charge in [-0.15, -0.1) is 0 Å². The Morgan fingerprint density at radius 2 is 1.77 bits per heavy atom. The van der Waals surface area contributed by atoms with Crippen molar-refractivity contribution in [3.8, 4) is 0 Å². The molecule has 0 bridgehead atoms. The normalized spacial score (nSPS) is 10.4. The van der Waals surface area contributed by atoms with E-state index < -0.39 is 0 Å². The number of unbranched alkanes of at least 4 members (excludes halogenated alkanes) is 1. The molecule has 0 atom stereocenters. The summed E-state index contributed by atoms with van der Waals surface area (Å²) in [6.45, 7) is 0.0107. The molecule has 0 aliphatic rings. The Hall–Kier alpha value is -1.85. The van der Waals surface area contributed by atoms with Gasteiger partial charge in [0.2, 0.25) is 11.8 Å². The van der Waals surface area contributed by atoms with Crippen LogP contribution in [-0.4, -0.2) is 30.3 Å². The van der Waals surface area contributed by atoms with E-state index in [4.69, 9.17) is 11.6 Å². The van der Waals surface area contributed by atoms with Gasteiger partial charge in [0.05, 0.1) is 17.3 Å². The van der Waals surface area contributed by atoms with Gasteiger partial charge in [-0.1, -0.05) is 51.8 Å². The number of halogens is 2. The van der Waals surface area contributed by atoms with E-state index in [0.717, 1.165) is 23.7 Å². The number of para-hydroxylation sites is 1. The summed E-state index contributed by atoms with van der Waals surface area (Å²) in [6.07, 6.45) is 3.11. The molecule has 138 valence electrons. The van der Waals surface area contributed by atoms with Crippen molar-refractivity contribution < 1.29 is 9.59 Å². The summed E-state index contributed by atoms with van der Waals surface area (Å²) >= 11 is 9.43. The van der Waals surface area contributed by atoms with Crippen LogP contribution in [0, 0.1) is 0 Å². The largest absolute Gasteiger partial charge is 0.336 e. The lowest BCUT2D eigenvalue weighted by Crippen LogP contribution is -2.34. The van der Waals surface area contributed by atoms with Gasteiger partial charge in [0.15, 0.2) is 0 Å². The number of carbonyl (C=O) groups excluding carboxylic acids is 2. The number of benzene rings is 2. The fourth-order valence-electron chi connectivity index (χ4n) is 2.50. The Kier molecular flexibility index (Phi) is 8.13. The predicted octanol–water partition coefficient (Wildman–Crippen LogP) is 4.91. The molecule has 0 fully saturated rings. The second-order valence-electron chi connectivity index (χ2n) is 6.11. The molecule has 2 rings (SSSR count). The Morgan fingerprint density at radius 1 is 1.08 bits per heavy atom. The van der Waals surface area contributed by atoms with Crippen LogP contribution in [0.1, 0.15) is 24.8 Å². The van der Waals surface area contributed by atoms with Crippen molar-refractivity contribution in [2.75, 3.05) is 18.9 Å². The van der Waals surface area contributed by atoms with E-state index in [0.29, 0.717) is 17.1 Å². The average Bonchev–Trinajstić information content (AvgIpc) is 2.62. The zero-order valence-corrected chi connectivity index (χ0v) is 17.0. The van der Waals surface area contributed by atoms with Gasteiger partial charge >= 0.3 is 0 Å². The van der Waals surface area contributed by atoms with Crippen molar-refractivity contribution in [1.82, 2.24) is 4.90 Å². The monoisotopic (exact) mass is 436 g/mol. The SMILES string of the molecule is CN(CC(=O)Nc1ccccc1Cl)C(=O)CCCCc1ccc(Br)cc1. The van der Waals surface area contributed by atoms with Crippen LogP contribution in [0.2, 0.25) is 5.02 Å². The molecule has 0 aromatic heterocycles. The quantitative estimate of drug-likeness (QED) is 0.596. The highest BCUT2D eigenvalue weighted by atomic mass is 79.9. The number of hydrogen-bond donors (Lipinski definition) is 1. The average molecular weight is 438 g/mol. The smallest absolute Gasteiger partial charge is 0.244 e. The van der Waals surface area contributed by atoms with Gasteiger partial charge in [-0.3, -0.25) is 9.59 Å². The van der Waals surface area contributed by atoms with Crippen molar-refractivity contribution in [3.63, 3.8) is 0 Å². The lowest BCUT2D eigenvalue weighted by Gasteiger charge is -2.17. The van der Waals surface area contributed by atoms with Crippen LogP contribution in [0.25, 0.3) is 0 Å². The number of carbonyl (C=O) groups is 2. The van der Waals surface area contributed by atoms with Crippen LogP contribution in [-0.2, 0) is 16.0 Å². The minimum absolute atomic E-state index is 0.0107. The van der Waals surface area contributed by atoms with E-state index in [9.17, 15) is 9.59 Å². The Morgan fingerprint density at radius 3 is 2.46 bits per heavy atom. The van der Waals surface area contributed by atoms with Gasteiger partial charge in [0, 0.05) is 17.9 Å². The molecule has 4 nitrogen and oxygen atoms in total. The summed E-state index contributed by atoms with van der Waals surface area (Å²) < 4.78 is 1.06. The number of nitrogens with one attached hydrogen (secondary N) is 1. The molecule has 2 aromatic rings. The van der Waals surface area contributed by atoms with Crippen LogP contribution in [0.4, 0.5) is 5.69 Å². The van der Waals surface area contributed by atoms with Crippen molar-refractivity contribution in [2.24, 2.45) is 0 Å². The Labute approximate surface area is 167 Å². The molecule has 0 saturated carbocycles. The summed E-state index contributed by atoms with van der Waals surface area (Å²) in [5.74, 6) is -0.293. The standard InChI is InChI=1S/C20H22BrClN2O2/c1-24(14-19(25)23-18-8-4-3-7-17(18)22)20(26)9-5-2-6-15-10-12-16(21)13-11-15/h3-4,7-8,10-13H,2,5-6,9,14H2,1H3,(H,23,25). The van der Waals surface area contributed by atoms with Crippen LogP contribution >= 0.6 is 27.5 Å². The third-order valence-corrected chi connectivity index (χ3v) is 4.83. The summed E-state index contributed by atoms with van der Waals surface area (Å²) in [4.78, 5) is 25.7. The molecular weight excluding hydrogens is 416 g/mol. The number of hydrogen-bond acceptors (Lipinski definition) is 2. The zero-order chi connectivity index (χ0) is 18.9. The fraction of sp³-hybridized carbons (Fsp3) is 0.300. The molecular formula is C20H22BrClN2O2. The molecule has 2 amide bonds. The van der Waals surface area contributed by atoms with Crippen molar-refractivity contribution in [1.29, 1.82) is 0 Å². The van der Waals surface area contributed by atoms with Gasteiger partial charge in [-0.25, -0.2) is 0 Å². The first-order valence-electron chi connectivity index (χ1n) is 8.48. The van der Waals surface area contributed by atoms with E-state index >= 15 is 0 Å². The highest BCUT2D eigenvalue weighted by molar-refractivity contribution is 9.10. The molecule has 0 spiro atoms. The van der Waals surface area contributed by atoms with E-state index in [2.05, 4.69) is 33.4 Å². The van der Waals surface area contributed by atoms with Crippen molar-refractivity contribution in [3.05, 3.63) is 63.6 Å². The predicted molar refractivity (Wildman–Crippen MR) is 109 cm³/mol. The van der Waals surface area contributed by atoms with E-state index in [1.54, 1.807) is 31.3 Å². The first kappa shape index (κ1) is 20.5. The van der Waals surface area contributed by atoms with Gasteiger partial charge in [-0.2, -0.15) is 0 Å². The second kappa shape index (κ2) is 10.3. The van der Waals surface area contributed by atoms with Crippen LogP contribution in [0.15, 0.2) is 53.0 Å². The lowest BCUT2D eigenvalue weighted by molar-refractivity contribution is -0.133. The molecule has 0 aliphatic carbocycles. The summed E-state index contributed by atoms with van der Waals surface area (Å²) in [6, 6.07) is 15.2. The molecule has 0 heterocycles. The third-order valence-electron chi connectivity index (χ3n) is 3.97. The zero-order valence-electron chi connectivity index (χ0n) is 14.7. The molecule has 6 heteroatoms. The molecule has 0 radical (unpaired) electrons. The maximum Gasteiger partial charge on any atom is 0.244 e. The third kappa shape index (κ3) is 6.81. The molecule has 1 N–H and O–H groups in total. The maximum absolute atomic E-state index is 12.2. The van der Waals surface area contributed by atoms with Crippen molar-refractivity contribution in [2.45, 2.75) is 25.7 Å². The summed E-state index contributed by atoms with van der Waals surface area (Å²) in [7, 11) is 1.64. The van der Waals surface area contributed by atoms with Gasteiger partial charge in [0.1, 0.15) is 0 Å². The molecule has 26 heavy (non-hydrogen) atoms. The highest BCUT2D eigenvalue weighted by Gasteiger charge is 2.13. The van der Waals surface area contributed by atoms with E-state index in [1.165, 1.54) is 10.5 Å². The Balaban J connectivity index is 1.69. The number of rotatable bonds is 8. The van der Waals surface area contributed by atoms with E-state index in [-0.39, 0.29) is 18.4 Å². The minimum atomic E-state index is -0.260. The first-order valence-corrected chi connectivity index (χ1v) is 9.65. The van der Waals surface area contributed by atoms with Gasteiger partial charge in [-0.05, 0) is 49.1 Å². The number of nitrogens with zero attached hydrogens (tertiary/aromatic N) is 1. The topological polar surface area (TPSA) is 49.4 Å². The first-order chi connectivity index (χ1) is 12.5. The van der Waals surface area contributed by atoms with Gasteiger partial charge < -0.3 is 10.2 Å². The number of anilines is 1. The van der Waals surface area contributed by atoms with Crippen LogP contribution < -0.4 is 5.32 Å². The summed E-state index contributed by atoms with van der Waals surface area (Å²) in [5.41, 5.74) is 1.81. The van der Waals surface area contributed by atoms with E-state index in [1.807, 2.05) is 12.1 Å². The maximum atomic E-state index is 12.2. The number of amides is 2. The number of aryl methyl sites for hydroxylation is 1. The van der Waals surface area contributed by atoms with Crippen LogP contribution in [0.3, 0.4) is 0 Å². The minimum Gasteiger partial charge on any atom is -0.336 e. The molecule has 0 saturated heterocycles. The molecule has 0 aliphatic heterocycles. The summed E-state index contributed by atoms with van der Waals surface area (Å²) in [5, 5.41) is 3.20. The highest BCUT2D eigenvalue weighted by Crippen LogP contribution is 2.20. The number of likely N-dealkylation sites (N-methyl/N-ethyl adjacent to an activating group) is 1. The van der Waals surface area contributed by atoms with Crippen molar-refractivity contribution >= 4 is 45.0 Å². The second-order valence-corrected chi connectivity index (χ2v) is 7.43. The molecule has 0 unspecified atom stereocenters. The lowest BCUT2D eigenvalue weighted by atomic mass is 10.1. The van der Waals surface area contributed by atoms with Gasteiger partial charge in [0.25, 0.3) is 0 Å². The van der Waals surface area contributed by atoms with Crippen LogP contribution in [0.5, 0.6) is 0 Å². The Bertz CT molecular complexity index is 750. The molecule has 2 aromatic carbocycles. The fourth-order valence-corrected chi connectivity index (χ4v) is 2.95.